The van der Waals surface area contributed by atoms with Crippen LogP contribution in [0.4, 0.5) is 0 Å². The van der Waals surface area contributed by atoms with E-state index in [1.807, 2.05) is 0 Å². The average molecular weight is 246 g/mol. The molecule has 0 bridgehead atoms. The minimum atomic E-state index is 0.156. The summed E-state index contributed by atoms with van der Waals surface area (Å²) in [6, 6.07) is 9.47. The van der Waals surface area contributed by atoms with Gasteiger partial charge in [-0.2, -0.15) is 0 Å². The quantitative estimate of drug-likeness (QED) is 0.800. The van der Waals surface area contributed by atoms with Gasteiger partial charge in [0, 0.05) is 18.6 Å². The summed E-state index contributed by atoms with van der Waals surface area (Å²) in [6.45, 7) is 6.63. The van der Waals surface area contributed by atoms with E-state index in [4.69, 9.17) is 5.73 Å². The van der Waals surface area contributed by atoms with Gasteiger partial charge in [-0.15, -0.1) is 0 Å². The molecule has 1 unspecified atom stereocenters. The lowest BCUT2D eigenvalue weighted by molar-refractivity contribution is 0.243. The molecule has 2 rings (SSSR count). The molecular formula is C16H26N2. The fourth-order valence-corrected chi connectivity index (χ4v) is 2.58. The van der Waals surface area contributed by atoms with Gasteiger partial charge in [0.1, 0.15) is 0 Å². The maximum absolute atomic E-state index is 6.39. The lowest BCUT2D eigenvalue weighted by atomic mass is 10.0. The number of rotatable bonds is 7. The molecular weight excluding hydrogens is 220 g/mol. The summed E-state index contributed by atoms with van der Waals surface area (Å²) >= 11 is 0. The Kier molecular flexibility index (Phi) is 4.79. The minimum Gasteiger partial charge on any atom is -0.323 e. The normalized spacial score (nSPS) is 17.1. The molecule has 0 saturated heterocycles. The third-order valence-corrected chi connectivity index (χ3v) is 3.88. The molecule has 100 valence electrons. The van der Waals surface area contributed by atoms with Crippen molar-refractivity contribution in [1.82, 2.24) is 4.90 Å². The van der Waals surface area contributed by atoms with Crippen LogP contribution in [0.5, 0.6) is 0 Å². The van der Waals surface area contributed by atoms with E-state index in [1.54, 1.807) is 0 Å². The molecule has 1 saturated carbocycles. The number of nitrogens with zero attached hydrogens (tertiary/aromatic N) is 1. The van der Waals surface area contributed by atoms with Gasteiger partial charge in [0.05, 0.1) is 0 Å². The summed E-state index contributed by atoms with van der Waals surface area (Å²) in [4.78, 5) is 2.60. The van der Waals surface area contributed by atoms with Crippen LogP contribution in [0.2, 0.25) is 0 Å². The van der Waals surface area contributed by atoms with E-state index in [0.29, 0.717) is 0 Å². The van der Waals surface area contributed by atoms with Crippen molar-refractivity contribution < 1.29 is 0 Å². The standard InChI is InChI=1S/C16H26N2/c1-3-4-11-18(14-9-10-14)12-16(17)15-8-6-5-7-13(15)2/h5-8,14,16H,3-4,9-12,17H2,1-2H3. The molecule has 0 amide bonds. The monoisotopic (exact) mass is 246 g/mol. The molecule has 2 heteroatoms. The van der Waals surface area contributed by atoms with Gasteiger partial charge in [-0.25, -0.2) is 0 Å². The Morgan fingerprint density at radius 1 is 1.33 bits per heavy atom. The van der Waals surface area contributed by atoms with E-state index in [2.05, 4.69) is 43.0 Å². The van der Waals surface area contributed by atoms with Crippen molar-refractivity contribution in [3.05, 3.63) is 35.4 Å². The highest BCUT2D eigenvalue weighted by molar-refractivity contribution is 5.28. The largest absolute Gasteiger partial charge is 0.323 e. The van der Waals surface area contributed by atoms with Gasteiger partial charge in [0.2, 0.25) is 0 Å². The van der Waals surface area contributed by atoms with Crippen LogP contribution >= 0.6 is 0 Å². The van der Waals surface area contributed by atoms with Crippen molar-refractivity contribution in [2.75, 3.05) is 13.1 Å². The first kappa shape index (κ1) is 13.6. The van der Waals surface area contributed by atoms with Crippen LogP contribution in [0, 0.1) is 6.92 Å². The minimum absolute atomic E-state index is 0.156. The summed E-state index contributed by atoms with van der Waals surface area (Å²) in [6.07, 6.45) is 5.29. The van der Waals surface area contributed by atoms with Crippen LogP contribution in [0.1, 0.15) is 49.8 Å². The zero-order chi connectivity index (χ0) is 13.0. The molecule has 0 radical (unpaired) electrons. The van der Waals surface area contributed by atoms with Crippen LogP contribution in [0.3, 0.4) is 0 Å². The van der Waals surface area contributed by atoms with Crippen molar-refractivity contribution in [2.45, 2.75) is 51.6 Å². The number of benzene rings is 1. The van der Waals surface area contributed by atoms with Crippen molar-refractivity contribution in [3.8, 4) is 0 Å². The smallest absolute Gasteiger partial charge is 0.0427 e. The molecule has 0 aliphatic heterocycles. The van der Waals surface area contributed by atoms with Crippen LogP contribution in [0.15, 0.2) is 24.3 Å². The second-order valence-electron chi connectivity index (χ2n) is 5.54. The first-order valence-electron chi connectivity index (χ1n) is 7.27. The van der Waals surface area contributed by atoms with Gasteiger partial charge in [0.25, 0.3) is 0 Å². The topological polar surface area (TPSA) is 29.3 Å². The molecule has 0 aromatic heterocycles. The van der Waals surface area contributed by atoms with Crippen molar-refractivity contribution in [1.29, 1.82) is 0 Å². The van der Waals surface area contributed by atoms with E-state index in [1.165, 1.54) is 43.4 Å². The number of unbranched alkanes of at least 4 members (excludes halogenated alkanes) is 1. The van der Waals surface area contributed by atoms with Crippen molar-refractivity contribution >= 4 is 0 Å². The molecule has 1 aliphatic carbocycles. The zero-order valence-corrected chi connectivity index (χ0v) is 11.7. The number of aryl methyl sites for hydroxylation is 1. The molecule has 0 spiro atoms. The van der Waals surface area contributed by atoms with E-state index < -0.39 is 0 Å². The fraction of sp³-hybridized carbons (Fsp3) is 0.625. The summed E-state index contributed by atoms with van der Waals surface area (Å²) in [5.74, 6) is 0. The Hall–Kier alpha value is -0.860. The first-order valence-corrected chi connectivity index (χ1v) is 7.27. The Labute approximate surface area is 111 Å². The molecule has 18 heavy (non-hydrogen) atoms. The van der Waals surface area contributed by atoms with Crippen LogP contribution in [-0.2, 0) is 0 Å². The summed E-state index contributed by atoms with van der Waals surface area (Å²) < 4.78 is 0. The van der Waals surface area contributed by atoms with E-state index in [-0.39, 0.29) is 6.04 Å². The molecule has 1 fully saturated rings. The highest BCUT2D eigenvalue weighted by Gasteiger charge is 2.29. The highest BCUT2D eigenvalue weighted by atomic mass is 15.2. The Bertz CT molecular complexity index is 371. The Morgan fingerprint density at radius 3 is 2.67 bits per heavy atom. The van der Waals surface area contributed by atoms with Gasteiger partial charge in [-0.3, -0.25) is 4.90 Å². The molecule has 2 nitrogen and oxygen atoms in total. The second kappa shape index (κ2) is 6.35. The lowest BCUT2D eigenvalue weighted by Gasteiger charge is -2.26. The van der Waals surface area contributed by atoms with Crippen molar-refractivity contribution in [3.63, 3.8) is 0 Å². The van der Waals surface area contributed by atoms with Gasteiger partial charge < -0.3 is 5.73 Å². The third kappa shape index (κ3) is 3.56. The summed E-state index contributed by atoms with van der Waals surface area (Å²) in [5, 5.41) is 0. The number of nitrogens with two attached hydrogens (primary N) is 1. The molecule has 0 heterocycles. The van der Waals surface area contributed by atoms with Crippen LogP contribution in [0.25, 0.3) is 0 Å². The summed E-state index contributed by atoms with van der Waals surface area (Å²) in [7, 11) is 0. The van der Waals surface area contributed by atoms with E-state index >= 15 is 0 Å². The Balaban J connectivity index is 1.96. The van der Waals surface area contributed by atoms with E-state index in [0.717, 1.165) is 12.6 Å². The molecule has 1 aromatic rings. The first-order chi connectivity index (χ1) is 8.72. The van der Waals surface area contributed by atoms with Crippen LogP contribution in [-0.4, -0.2) is 24.0 Å². The maximum Gasteiger partial charge on any atom is 0.0427 e. The average Bonchev–Trinajstić information content (AvgIpc) is 3.19. The van der Waals surface area contributed by atoms with E-state index in [9.17, 15) is 0 Å². The molecule has 1 aliphatic rings. The molecule has 1 atom stereocenters. The predicted octanol–water partition coefficient (Wildman–Crippen LogP) is 3.26. The van der Waals surface area contributed by atoms with Crippen LogP contribution < -0.4 is 5.73 Å². The maximum atomic E-state index is 6.39. The van der Waals surface area contributed by atoms with Crippen molar-refractivity contribution in [2.24, 2.45) is 5.73 Å². The third-order valence-electron chi connectivity index (χ3n) is 3.88. The SMILES string of the molecule is CCCCN(CC(N)c1ccccc1C)C1CC1. The lowest BCUT2D eigenvalue weighted by Crippen LogP contribution is -2.35. The van der Waals surface area contributed by atoms with Gasteiger partial charge in [-0.05, 0) is 43.9 Å². The molecule has 1 aromatic carbocycles. The number of hydrogen-bond donors (Lipinski definition) is 1. The highest BCUT2D eigenvalue weighted by Crippen LogP contribution is 2.29. The fourth-order valence-electron chi connectivity index (χ4n) is 2.58. The molecule has 2 N–H and O–H groups in total. The Morgan fingerprint density at radius 2 is 2.06 bits per heavy atom. The predicted molar refractivity (Wildman–Crippen MR) is 77.6 cm³/mol. The van der Waals surface area contributed by atoms with Gasteiger partial charge >= 0.3 is 0 Å². The zero-order valence-electron chi connectivity index (χ0n) is 11.7. The summed E-state index contributed by atoms with van der Waals surface area (Å²) in [5.41, 5.74) is 9.01. The van der Waals surface area contributed by atoms with Gasteiger partial charge in [0.15, 0.2) is 0 Å². The van der Waals surface area contributed by atoms with Gasteiger partial charge in [-0.1, -0.05) is 37.6 Å². The number of hydrogen-bond acceptors (Lipinski definition) is 2. The second-order valence-corrected chi connectivity index (χ2v) is 5.54.